The summed E-state index contributed by atoms with van der Waals surface area (Å²) in [5.41, 5.74) is 3.56. The maximum atomic E-state index is 5.66. The Bertz CT molecular complexity index is 460. The second-order valence-electron chi connectivity index (χ2n) is 3.67. The van der Waals surface area contributed by atoms with Crippen molar-refractivity contribution in [1.29, 1.82) is 0 Å². The van der Waals surface area contributed by atoms with Crippen molar-refractivity contribution >= 4 is 0 Å². The van der Waals surface area contributed by atoms with Gasteiger partial charge in [0.05, 0.1) is 5.69 Å². The maximum absolute atomic E-state index is 5.66. The predicted molar refractivity (Wildman–Crippen MR) is 60.5 cm³/mol. The molecule has 0 aromatic carbocycles. The van der Waals surface area contributed by atoms with E-state index in [1.165, 1.54) is 0 Å². The zero-order valence-corrected chi connectivity index (χ0v) is 9.47. The zero-order chi connectivity index (χ0) is 11.5. The lowest BCUT2D eigenvalue weighted by molar-refractivity contribution is 0.420. The summed E-state index contributed by atoms with van der Waals surface area (Å²) >= 11 is 0. The Balaban J connectivity index is 2.28. The highest BCUT2D eigenvalue weighted by molar-refractivity contribution is 5.20. The predicted octanol–water partition coefficient (Wildman–Crippen LogP) is 1.13. The Morgan fingerprint density at radius 1 is 1.50 bits per heavy atom. The van der Waals surface area contributed by atoms with Gasteiger partial charge in [0.25, 0.3) is 0 Å². The molecule has 16 heavy (non-hydrogen) atoms. The van der Waals surface area contributed by atoms with Crippen LogP contribution in [0.4, 0.5) is 0 Å². The molecule has 86 valence electrons. The SMILES string of the molecule is CCc1ccc(C(NN)c2ccn(C)n2)o1. The van der Waals surface area contributed by atoms with Crippen molar-refractivity contribution in [2.45, 2.75) is 19.4 Å². The molecule has 0 aliphatic rings. The van der Waals surface area contributed by atoms with Gasteiger partial charge in [0.2, 0.25) is 0 Å². The van der Waals surface area contributed by atoms with Crippen molar-refractivity contribution in [1.82, 2.24) is 15.2 Å². The highest BCUT2D eigenvalue weighted by Gasteiger charge is 2.18. The number of hydrazine groups is 1. The molecular weight excluding hydrogens is 204 g/mol. The molecule has 0 aliphatic carbocycles. The summed E-state index contributed by atoms with van der Waals surface area (Å²) in [6.07, 6.45) is 2.75. The molecule has 0 spiro atoms. The fourth-order valence-corrected chi connectivity index (χ4v) is 1.64. The van der Waals surface area contributed by atoms with Gasteiger partial charge in [-0.2, -0.15) is 5.10 Å². The molecule has 0 amide bonds. The number of aromatic nitrogens is 2. The number of rotatable bonds is 4. The lowest BCUT2D eigenvalue weighted by atomic mass is 10.2. The van der Waals surface area contributed by atoms with Gasteiger partial charge < -0.3 is 4.42 Å². The fraction of sp³-hybridized carbons (Fsp3) is 0.364. The second kappa shape index (κ2) is 4.51. The normalized spacial score (nSPS) is 12.9. The Kier molecular flexibility index (Phi) is 3.07. The van der Waals surface area contributed by atoms with E-state index in [0.717, 1.165) is 23.6 Å². The molecule has 5 nitrogen and oxygen atoms in total. The average Bonchev–Trinajstić information content (AvgIpc) is 2.89. The van der Waals surface area contributed by atoms with E-state index in [1.807, 2.05) is 38.4 Å². The summed E-state index contributed by atoms with van der Waals surface area (Å²) in [6, 6.07) is 5.61. The van der Waals surface area contributed by atoms with Crippen LogP contribution in [-0.4, -0.2) is 9.78 Å². The lowest BCUT2D eigenvalue weighted by Crippen LogP contribution is -2.29. The Morgan fingerprint density at radius 3 is 2.81 bits per heavy atom. The van der Waals surface area contributed by atoms with Crippen molar-refractivity contribution in [2.24, 2.45) is 12.9 Å². The first-order valence-corrected chi connectivity index (χ1v) is 5.29. The number of nitrogens with zero attached hydrogens (tertiary/aromatic N) is 2. The van der Waals surface area contributed by atoms with Gasteiger partial charge in [-0.05, 0) is 18.2 Å². The first-order chi connectivity index (χ1) is 7.74. The first-order valence-electron chi connectivity index (χ1n) is 5.29. The quantitative estimate of drug-likeness (QED) is 0.598. The molecule has 0 fully saturated rings. The van der Waals surface area contributed by atoms with Crippen LogP contribution < -0.4 is 11.3 Å². The van der Waals surface area contributed by atoms with Crippen LogP contribution in [0, 0.1) is 0 Å². The van der Waals surface area contributed by atoms with Gasteiger partial charge in [-0.15, -0.1) is 0 Å². The molecule has 2 aromatic heterocycles. The molecule has 0 bridgehead atoms. The minimum absolute atomic E-state index is 0.193. The van der Waals surface area contributed by atoms with Crippen LogP contribution >= 0.6 is 0 Å². The Hall–Kier alpha value is -1.59. The van der Waals surface area contributed by atoms with Crippen molar-refractivity contribution in [2.75, 3.05) is 0 Å². The second-order valence-corrected chi connectivity index (χ2v) is 3.67. The Labute approximate surface area is 94.2 Å². The standard InChI is InChI=1S/C11H16N4O/c1-3-8-4-5-10(16-8)11(13-12)9-6-7-15(2)14-9/h4-7,11,13H,3,12H2,1-2H3. The molecule has 3 N–H and O–H groups in total. The monoisotopic (exact) mass is 220 g/mol. The van der Waals surface area contributed by atoms with E-state index in [4.69, 9.17) is 10.3 Å². The molecule has 2 heterocycles. The highest BCUT2D eigenvalue weighted by atomic mass is 16.3. The van der Waals surface area contributed by atoms with Crippen molar-refractivity contribution in [3.63, 3.8) is 0 Å². The Morgan fingerprint density at radius 2 is 2.31 bits per heavy atom. The molecule has 0 saturated heterocycles. The van der Waals surface area contributed by atoms with Crippen LogP contribution in [0.1, 0.15) is 30.2 Å². The third kappa shape index (κ3) is 2.00. The van der Waals surface area contributed by atoms with E-state index in [0.29, 0.717) is 0 Å². The number of nitrogens with two attached hydrogens (primary N) is 1. The fourth-order valence-electron chi connectivity index (χ4n) is 1.64. The third-order valence-corrected chi connectivity index (χ3v) is 2.51. The smallest absolute Gasteiger partial charge is 0.128 e. The third-order valence-electron chi connectivity index (χ3n) is 2.51. The molecule has 0 aliphatic heterocycles. The molecule has 2 aromatic rings. The van der Waals surface area contributed by atoms with E-state index in [1.54, 1.807) is 4.68 Å². The number of hydrogen-bond acceptors (Lipinski definition) is 4. The topological polar surface area (TPSA) is 69.0 Å². The number of hydrogen-bond donors (Lipinski definition) is 2. The lowest BCUT2D eigenvalue weighted by Gasteiger charge is -2.10. The van der Waals surface area contributed by atoms with Crippen LogP contribution in [-0.2, 0) is 13.5 Å². The summed E-state index contributed by atoms with van der Waals surface area (Å²) in [6.45, 7) is 2.05. The summed E-state index contributed by atoms with van der Waals surface area (Å²) in [5, 5.41) is 4.31. The molecule has 2 rings (SSSR count). The van der Waals surface area contributed by atoms with E-state index in [2.05, 4.69) is 10.5 Å². The van der Waals surface area contributed by atoms with E-state index in [9.17, 15) is 0 Å². The molecule has 1 atom stereocenters. The van der Waals surface area contributed by atoms with Crippen molar-refractivity contribution in [3.05, 3.63) is 41.6 Å². The van der Waals surface area contributed by atoms with E-state index < -0.39 is 0 Å². The average molecular weight is 220 g/mol. The van der Waals surface area contributed by atoms with Crippen LogP contribution in [0.2, 0.25) is 0 Å². The number of aryl methyl sites for hydroxylation is 2. The van der Waals surface area contributed by atoms with E-state index in [-0.39, 0.29) is 6.04 Å². The van der Waals surface area contributed by atoms with Gasteiger partial charge in [-0.25, -0.2) is 5.43 Å². The molecule has 1 unspecified atom stereocenters. The van der Waals surface area contributed by atoms with Crippen LogP contribution in [0.25, 0.3) is 0 Å². The van der Waals surface area contributed by atoms with Gasteiger partial charge in [0, 0.05) is 19.7 Å². The molecule has 5 heteroatoms. The van der Waals surface area contributed by atoms with Crippen LogP contribution in [0.3, 0.4) is 0 Å². The van der Waals surface area contributed by atoms with Gasteiger partial charge in [0.1, 0.15) is 17.6 Å². The summed E-state index contributed by atoms with van der Waals surface area (Å²) in [7, 11) is 1.87. The molecular formula is C11H16N4O. The minimum Gasteiger partial charge on any atom is -0.464 e. The van der Waals surface area contributed by atoms with Crippen LogP contribution in [0.5, 0.6) is 0 Å². The van der Waals surface area contributed by atoms with Gasteiger partial charge >= 0.3 is 0 Å². The highest BCUT2D eigenvalue weighted by Crippen LogP contribution is 2.22. The van der Waals surface area contributed by atoms with Crippen LogP contribution in [0.15, 0.2) is 28.8 Å². The molecule has 0 radical (unpaired) electrons. The number of furan rings is 1. The van der Waals surface area contributed by atoms with Crippen molar-refractivity contribution < 1.29 is 4.42 Å². The van der Waals surface area contributed by atoms with Gasteiger partial charge in [-0.1, -0.05) is 6.92 Å². The summed E-state index contributed by atoms with van der Waals surface area (Å²) in [5.74, 6) is 7.28. The summed E-state index contributed by atoms with van der Waals surface area (Å²) in [4.78, 5) is 0. The van der Waals surface area contributed by atoms with Gasteiger partial charge in [0.15, 0.2) is 0 Å². The first kappa shape index (κ1) is 10.9. The van der Waals surface area contributed by atoms with Crippen molar-refractivity contribution in [3.8, 4) is 0 Å². The largest absolute Gasteiger partial charge is 0.464 e. The summed E-state index contributed by atoms with van der Waals surface area (Å²) < 4.78 is 7.40. The zero-order valence-electron chi connectivity index (χ0n) is 9.47. The van der Waals surface area contributed by atoms with Gasteiger partial charge in [-0.3, -0.25) is 10.5 Å². The van der Waals surface area contributed by atoms with E-state index >= 15 is 0 Å². The minimum atomic E-state index is -0.193. The maximum Gasteiger partial charge on any atom is 0.128 e. The molecule has 0 saturated carbocycles. The number of nitrogens with one attached hydrogen (secondary N) is 1.